The van der Waals surface area contributed by atoms with Gasteiger partial charge in [-0.3, -0.25) is 0 Å². The summed E-state index contributed by atoms with van der Waals surface area (Å²) in [5.41, 5.74) is 2.92. The minimum absolute atomic E-state index is 0.141. The molecule has 9 nitrogen and oxygen atoms in total. The highest BCUT2D eigenvalue weighted by Crippen LogP contribution is 2.38. The highest BCUT2D eigenvalue weighted by molar-refractivity contribution is 7.90. The first-order valence-corrected chi connectivity index (χ1v) is 13.4. The van der Waals surface area contributed by atoms with Crippen LogP contribution in [0.5, 0.6) is 5.75 Å². The number of fused-ring (bicyclic) bond motifs is 4. The lowest BCUT2D eigenvalue weighted by molar-refractivity contribution is 0.0693. The number of aryl methyl sites for hydroxylation is 1. The number of hydrogen-bond acceptors (Lipinski definition) is 8. The second kappa shape index (κ2) is 9.28. The van der Waals surface area contributed by atoms with Crippen molar-refractivity contribution in [1.82, 2.24) is 20.3 Å². The van der Waals surface area contributed by atoms with Crippen molar-refractivity contribution >= 4 is 26.6 Å². The lowest BCUT2D eigenvalue weighted by Crippen LogP contribution is -2.51. The monoisotopic (exact) mass is 471 g/mol. The van der Waals surface area contributed by atoms with Gasteiger partial charge in [0, 0.05) is 42.0 Å². The Bertz CT molecular complexity index is 1240. The summed E-state index contributed by atoms with van der Waals surface area (Å²) in [7, 11) is -2.96. The average Bonchev–Trinajstić information content (AvgIpc) is 3.29. The van der Waals surface area contributed by atoms with Gasteiger partial charge in [-0.25, -0.2) is 18.4 Å². The summed E-state index contributed by atoms with van der Waals surface area (Å²) in [6.07, 6.45) is 4.71. The second-order valence-corrected chi connectivity index (χ2v) is 10.9. The topological polar surface area (TPSA) is 109 Å². The number of H-pyrrole nitrogens is 1. The van der Waals surface area contributed by atoms with Crippen LogP contribution in [0.4, 0.5) is 5.82 Å². The van der Waals surface area contributed by atoms with Gasteiger partial charge >= 0.3 is 0 Å². The summed E-state index contributed by atoms with van der Waals surface area (Å²) >= 11 is 0. The lowest BCUT2D eigenvalue weighted by atomic mass is 10.1. The Balaban J connectivity index is 1.43. The standard InChI is InChI=1S/C23H29N5O4S/c1-33(29,30)13-10-24-8-3-6-20-21-23(28-11-12-31-14-16(28)15-32-21)27-22(26-20)18-4-2-5-19-17(18)7-9-25-19/h2,4-5,7,9,16,24-25H,3,6,8,10-15H2,1H3/t16-/m0/s1. The Hall–Kier alpha value is -2.69. The molecule has 2 N–H and O–H groups in total. The number of morpholine rings is 1. The van der Waals surface area contributed by atoms with Gasteiger partial charge in [-0.2, -0.15) is 0 Å². The van der Waals surface area contributed by atoms with Crippen LogP contribution in [0.1, 0.15) is 12.1 Å². The molecule has 1 fully saturated rings. The summed E-state index contributed by atoms with van der Waals surface area (Å²) in [5.74, 6) is 2.43. The average molecular weight is 472 g/mol. The van der Waals surface area contributed by atoms with E-state index in [0.29, 0.717) is 45.2 Å². The van der Waals surface area contributed by atoms with Gasteiger partial charge in [0.2, 0.25) is 0 Å². The van der Waals surface area contributed by atoms with E-state index in [2.05, 4.69) is 21.3 Å². The molecule has 0 bridgehead atoms. The Morgan fingerprint density at radius 1 is 1.21 bits per heavy atom. The van der Waals surface area contributed by atoms with E-state index in [0.717, 1.165) is 46.7 Å². The first-order valence-electron chi connectivity index (χ1n) is 11.3. The molecule has 176 valence electrons. The molecule has 0 unspecified atom stereocenters. The third-order valence-corrected chi connectivity index (χ3v) is 7.04. The number of hydrogen-bond donors (Lipinski definition) is 2. The number of benzene rings is 1. The van der Waals surface area contributed by atoms with Crippen molar-refractivity contribution in [3.63, 3.8) is 0 Å². The smallest absolute Gasteiger partial charge is 0.183 e. The van der Waals surface area contributed by atoms with E-state index in [1.807, 2.05) is 24.4 Å². The van der Waals surface area contributed by atoms with Crippen molar-refractivity contribution in [1.29, 1.82) is 0 Å². The fourth-order valence-corrected chi connectivity index (χ4v) is 4.93. The minimum atomic E-state index is -2.96. The van der Waals surface area contributed by atoms with Gasteiger partial charge in [0.1, 0.15) is 16.4 Å². The Morgan fingerprint density at radius 3 is 3.00 bits per heavy atom. The van der Waals surface area contributed by atoms with Gasteiger partial charge in [0.05, 0.1) is 30.7 Å². The first kappa shape index (κ1) is 22.1. The predicted octanol–water partition coefficient (Wildman–Crippen LogP) is 1.79. The second-order valence-electron chi connectivity index (χ2n) is 8.61. The number of ether oxygens (including phenoxy) is 2. The summed E-state index contributed by atoms with van der Waals surface area (Å²) in [6, 6.07) is 8.31. The van der Waals surface area contributed by atoms with Gasteiger partial charge < -0.3 is 24.7 Å². The molecule has 2 aliphatic rings. The summed E-state index contributed by atoms with van der Waals surface area (Å²) in [4.78, 5) is 15.5. The quantitative estimate of drug-likeness (QED) is 0.479. The molecule has 0 amide bonds. The number of sulfone groups is 1. The van der Waals surface area contributed by atoms with Gasteiger partial charge in [-0.1, -0.05) is 12.1 Å². The molecule has 33 heavy (non-hydrogen) atoms. The van der Waals surface area contributed by atoms with Gasteiger partial charge in [0.15, 0.2) is 17.4 Å². The van der Waals surface area contributed by atoms with Crippen LogP contribution in [0.15, 0.2) is 30.5 Å². The highest BCUT2D eigenvalue weighted by atomic mass is 32.2. The maximum Gasteiger partial charge on any atom is 0.183 e. The van der Waals surface area contributed by atoms with Crippen molar-refractivity contribution in [3.05, 3.63) is 36.2 Å². The van der Waals surface area contributed by atoms with Gasteiger partial charge in [-0.05, 0) is 31.5 Å². The molecule has 5 rings (SSSR count). The molecule has 2 aromatic heterocycles. The Kier molecular flexibility index (Phi) is 6.22. The highest BCUT2D eigenvalue weighted by Gasteiger charge is 2.34. The Morgan fingerprint density at radius 2 is 2.12 bits per heavy atom. The fourth-order valence-electron chi connectivity index (χ4n) is 4.41. The molecule has 10 heteroatoms. The number of rotatable bonds is 8. The third-order valence-electron chi connectivity index (χ3n) is 6.09. The molecule has 0 aliphatic carbocycles. The third kappa shape index (κ3) is 4.83. The molecule has 1 aromatic carbocycles. The number of anilines is 1. The van der Waals surface area contributed by atoms with E-state index in [9.17, 15) is 8.42 Å². The van der Waals surface area contributed by atoms with Crippen molar-refractivity contribution < 1.29 is 17.9 Å². The van der Waals surface area contributed by atoms with Crippen LogP contribution in [0.3, 0.4) is 0 Å². The minimum Gasteiger partial charge on any atom is -0.486 e. The molecule has 3 aromatic rings. The first-order chi connectivity index (χ1) is 16.0. The van der Waals surface area contributed by atoms with E-state index in [1.54, 1.807) is 0 Å². The number of aromatic amines is 1. The number of aromatic nitrogens is 3. The zero-order valence-corrected chi connectivity index (χ0v) is 19.5. The molecule has 0 saturated carbocycles. The maximum atomic E-state index is 11.3. The SMILES string of the molecule is CS(=O)(=O)CCNCCCc1nc(-c2cccc3[nH]ccc23)nc2c1OC[C@@H]1COCCN21. The summed E-state index contributed by atoms with van der Waals surface area (Å²) in [6.45, 7) is 3.79. The van der Waals surface area contributed by atoms with E-state index in [4.69, 9.17) is 19.4 Å². The van der Waals surface area contributed by atoms with Gasteiger partial charge in [0.25, 0.3) is 0 Å². The van der Waals surface area contributed by atoms with Crippen LogP contribution >= 0.6 is 0 Å². The predicted molar refractivity (Wildman–Crippen MR) is 128 cm³/mol. The molecule has 1 saturated heterocycles. The van der Waals surface area contributed by atoms with E-state index in [-0.39, 0.29) is 11.8 Å². The van der Waals surface area contributed by atoms with Crippen LogP contribution in [0, 0.1) is 0 Å². The van der Waals surface area contributed by atoms with E-state index >= 15 is 0 Å². The molecule has 0 spiro atoms. The fraction of sp³-hybridized carbons (Fsp3) is 0.478. The van der Waals surface area contributed by atoms with Crippen LogP contribution in [-0.4, -0.2) is 80.9 Å². The Labute approximate surface area is 193 Å². The van der Waals surface area contributed by atoms with Crippen LogP contribution in [0.25, 0.3) is 22.3 Å². The van der Waals surface area contributed by atoms with Crippen molar-refractivity contribution in [2.75, 3.05) is 56.4 Å². The molecular weight excluding hydrogens is 442 g/mol. The number of nitrogens with one attached hydrogen (secondary N) is 2. The largest absolute Gasteiger partial charge is 0.486 e. The van der Waals surface area contributed by atoms with Crippen LogP contribution in [0.2, 0.25) is 0 Å². The van der Waals surface area contributed by atoms with Crippen molar-refractivity contribution in [2.45, 2.75) is 18.9 Å². The van der Waals surface area contributed by atoms with Crippen molar-refractivity contribution in [3.8, 4) is 17.1 Å². The molecule has 0 radical (unpaired) electrons. The van der Waals surface area contributed by atoms with E-state index in [1.165, 1.54) is 6.26 Å². The maximum absolute atomic E-state index is 11.3. The zero-order valence-electron chi connectivity index (χ0n) is 18.7. The van der Waals surface area contributed by atoms with E-state index < -0.39 is 9.84 Å². The number of nitrogens with zero attached hydrogens (tertiary/aromatic N) is 3. The molecule has 1 atom stereocenters. The molecular formula is C23H29N5O4S. The van der Waals surface area contributed by atoms with Crippen LogP contribution in [-0.2, 0) is 21.0 Å². The van der Waals surface area contributed by atoms with Gasteiger partial charge in [-0.15, -0.1) is 0 Å². The lowest BCUT2D eigenvalue weighted by Gasteiger charge is -2.40. The zero-order chi connectivity index (χ0) is 22.8. The molecule has 4 heterocycles. The normalized spacial score (nSPS) is 18.1. The van der Waals surface area contributed by atoms with Crippen molar-refractivity contribution in [2.24, 2.45) is 0 Å². The molecule has 2 aliphatic heterocycles. The summed E-state index contributed by atoms with van der Waals surface area (Å²) in [5, 5.41) is 4.29. The van der Waals surface area contributed by atoms with Crippen LogP contribution < -0.4 is 15.0 Å². The summed E-state index contributed by atoms with van der Waals surface area (Å²) < 4.78 is 34.4.